The molecule has 1 heterocycles. The highest BCUT2D eigenvalue weighted by molar-refractivity contribution is 6.31. The summed E-state index contributed by atoms with van der Waals surface area (Å²) in [5, 5.41) is 0.853. The van der Waals surface area contributed by atoms with Crippen LogP contribution >= 0.6 is 11.6 Å². The summed E-state index contributed by atoms with van der Waals surface area (Å²) < 4.78 is 5.42. The number of hydrogen-bond acceptors (Lipinski definition) is 5. The molecule has 0 aliphatic carbocycles. The van der Waals surface area contributed by atoms with Crippen molar-refractivity contribution in [1.29, 1.82) is 0 Å². The van der Waals surface area contributed by atoms with Crippen LogP contribution in [0.2, 0.25) is 5.02 Å². The van der Waals surface area contributed by atoms with Gasteiger partial charge in [0.15, 0.2) is 0 Å². The lowest BCUT2D eigenvalue weighted by molar-refractivity contribution is 0.0466. The molecule has 6 heteroatoms. The Morgan fingerprint density at radius 1 is 0.969 bits per heavy atom. The van der Waals surface area contributed by atoms with Crippen molar-refractivity contribution < 1.29 is 9.53 Å². The summed E-state index contributed by atoms with van der Waals surface area (Å²) in [6.07, 6.45) is 0.988. The maximum atomic E-state index is 12.2. The molecule has 0 saturated carbocycles. The topological polar surface area (TPSA) is 36.0 Å². The maximum Gasteiger partial charge on any atom is 0.338 e. The number of likely N-dealkylation sites (N-methyl/N-ethyl adjacent to an activating group) is 1. The van der Waals surface area contributed by atoms with E-state index < -0.39 is 0 Å². The lowest BCUT2D eigenvalue weighted by Gasteiger charge is -2.34. The number of carbonyl (C=O) groups excluding carboxylic acids is 1. The first-order valence-electron chi connectivity index (χ1n) is 11.8. The predicted molar refractivity (Wildman–Crippen MR) is 131 cm³/mol. The second-order valence-corrected chi connectivity index (χ2v) is 8.73. The fourth-order valence-electron chi connectivity index (χ4n) is 4.02. The lowest BCUT2D eigenvalue weighted by Crippen LogP contribution is -2.46. The first-order chi connectivity index (χ1) is 15.6. The Hall–Kier alpha value is -1.92. The van der Waals surface area contributed by atoms with Gasteiger partial charge in [-0.05, 0) is 48.8 Å². The van der Waals surface area contributed by atoms with E-state index in [2.05, 4.69) is 52.8 Å². The molecule has 32 heavy (non-hydrogen) atoms. The van der Waals surface area contributed by atoms with Gasteiger partial charge in [0.05, 0.1) is 5.56 Å². The van der Waals surface area contributed by atoms with Crippen molar-refractivity contribution in [3.63, 3.8) is 0 Å². The molecule has 0 atom stereocenters. The van der Waals surface area contributed by atoms with Crippen LogP contribution in [-0.4, -0.2) is 79.6 Å². The van der Waals surface area contributed by atoms with E-state index in [1.807, 2.05) is 24.3 Å². The Kier molecular flexibility index (Phi) is 10.0. The molecule has 2 aromatic rings. The second-order valence-electron chi connectivity index (χ2n) is 8.32. The van der Waals surface area contributed by atoms with Crippen LogP contribution < -0.4 is 0 Å². The van der Waals surface area contributed by atoms with Gasteiger partial charge in [-0.1, -0.05) is 55.8 Å². The zero-order valence-electron chi connectivity index (χ0n) is 19.4. The van der Waals surface area contributed by atoms with E-state index in [0.29, 0.717) is 12.2 Å². The molecule has 1 saturated heterocycles. The summed E-state index contributed by atoms with van der Waals surface area (Å²) in [4.78, 5) is 19.5. The average Bonchev–Trinajstić information content (AvgIpc) is 2.83. The van der Waals surface area contributed by atoms with Crippen LogP contribution in [0.1, 0.15) is 35.3 Å². The van der Waals surface area contributed by atoms with Crippen molar-refractivity contribution in [3.8, 4) is 0 Å². The van der Waals surface area contributed by atoms with Gasteiger partial charge in [-0.25, -0.2) is 4.79 Å². The number of halogens is 1. The molecular weight excluding hydrogens is 422 g/mol. The third-order valence-electron chi connectivity index (χ3n) is 6.26. The van der Waals surface area contributed by atoms with E-state index in [1.165, 1.54) is 11.1 Å². The molecular formula is C26H36ClN3O2. The van der Waals surface area contributed by atoms with Crippen molar-refractivity contribution in [2.24, 2.45) is 0 Å². The minimum atomic E-state index is -0.238. The summed E-state index contributed by atoms with van der Waals surface area (Å²) in [5.41, 5.74) is 3.08. The van der Waals surface area contributed by atoms with Crippen LogP contribution in [0, 0.1) is 0 Å². The Labute approximate surface area is 197 Å². The number of nitrogens with zero attached hydrogens (tertiary/aromatic N) is 3. The molecule has 2 aromatic carbocycles. The molecule has 1 fully saturated rings. The van der Waals surface area contributed by atoms with Gasteiger partial charge in [0.25, 0.3) is 0 Å². The third-order valence-corrected chi connectivity index (χ3v) is 6.63. The highest BCUT2D eigenvalue weighted by Gasteiger charge is 2.17. The quantitative estimate of drug-likeness (QED) is 0.472. The van der Waals surface area contributed by atoms with E-state index in [-0.39, 0.29) is 5.97 Å². The molecule has 174 valence electrons. The van der Waals surface area contributed by atoms with Crippen molar-refractivity contribution >= 4 is 17.6 Å². The van der Waals surface area contributed by atoms with Crippen molar-refractivity contribution in [1.82, 2.24) is 14.7 Å². The first-order valence-corrected chi connectivity index (χ1v) is 12.1. The molecule has 5 nitrogen and oxygen atoms in total. The smallest absolute Gasteiger partial charge is 0.338 e. The Morgan fingerprint density at radius 2 is 1.62 bits per heavy atom. The van der Waals surface area contributed by atoms with Crippen LogP contribution in [0.15, 0.2) is 48.5 Å². The Bertz CT molecular complexity index is 831. The highest BCUT2D eigenvalue weighted by Crippen LogP contribution is 2.18. The Balaban J connectivity index is 1.36. The highest BCUT2D eigenvalue weighted by atomic mass is 35.5. The van der Waals surface area contributed by atoms with E-state index in [1.54, 1.807) is 0 Å². The number of piperazine rings is 1. The minimum Gasteiger partial charge on any atom is -0.461 e. The van der Waals surface area contributed by atoms with Gasteiger partial charge >= 0.3 is 5.97 Å². The van der Waals surface area contributed by atoms with Gasteiger partial charge in [0.2, 0.25) is 0 Å². The Morgan fingerprint density at radius 3 is 2.28 bits per heavy atom. The van der Waals surface area contributed by atoms with Gasteiger partial charge in [-0.15, -0.1) is 0 Å². The SMILES string of the molecule is CCN(CC)CCOC(=O)c1ccc(CCN2CCN(Cc3ccccc3Cl)CC2)cc1. The predicted octanol–water partition coefficient (Wildman–Crippen LogP) is 4.20. The summed E-state index contributed by atoms with van der Waals surface area (Å²) in [6.45, 7) is 13.6. The van der Waals surface area contributed by atoms with Gasteiger partial charge in [-0.3, -0.25) is 4.90 Å². The summed E-state index contributed by atoms with van der Waals surface area (Å²) in [5.74, 6) is -0.238. The first kappa shape index (κ1) is 24.7. The number of rotatable bonds is 11. The number of carbonyl (C=O) groups is 1. The molecule has 0 unspecified atom stereocenters. The normalized spacial score (nSPS) is 15.2. The van der Waals surface area contributed by atoms with E-state index in [9.17, 15) is 4.79 Å². The fraction of sp³-hybridized carbons (Fsp3) is 0.500. The van der Waals surface area contributed by atoms with Crippen LogP contribution in [-0.2, 0) is 17.7 Å². The summed E-state index contributed by atoms with van der Waals surface area (Å²) >= 11 is 6.30. The van der Waals surface area contributed by atoms with Crippen molar-refractivity contribution in [3.05, 3.63) is 70.2 Å². The van der Waals surface area contributed by atoms with E-state index in [4.69, 9.17) is 16.3 Å². The summed E-state index contributed by atoms with van der Waals surface area (Å²) in [6, 6.07) is 16.0. The largest absolute Gasteiger partial charge is 0.461 e. The van der Waals surface area contributed by atoms with Gasteiger partial charge in [0, 0.05) is 50.8 Å². The van der Waals surface area contributed by atoms with Crippen LogP contribution in [0.5, 0.6) is 0 Å². The molecule has 0 aromatic heterocycles. The molecule has 0 amide bonds. The van der Waals surface area contributed by atoms with Crippen molar-refractivity contribution in [2.75, 3.05) is 59.0 Å². The van der Waals surface area contributed by atoms with Crippen LogP contribution in [0.3, 0.4) is 0 Å². The molecule has 1 aliphatic rings. The zero-order chi connectivity index (χ0) is 22.8. The van der Waals surface area contributed by atoms with E-state index in [0.717, 1.165) is 70.3 Å². The summed E-state index contributed by atoms with van der Waals surface area (Å²) in [7, 11) is 0. The molecule has 0 radical (unpaired) electrons. The maximum absolute atomic E-state index is 12.2. The standard InChI is InChI=1S/C26H36ClN3O2/c1-3-28(4-2)19-20-32-26(31)23-11-9-22(10-12-23)13-14-29-15-17-30(18-16-29)21-24-7-5-6-8-25(24)27/h5-12H,3-4,13-21H2,1-2H3. The third kappa shape index (κ3) is 7.59. The second kappa shape index (κ2) is 12.9. The molecule has 0 N–H and O–H groups in total. The van der Waals surface area contributed by atoms with Gasteiger partial charge < -0.3 is 14.5 Å². The van der Waals surface area contributed by atoms with Crippen LogP contribution in [0.4, 0.5) is 0 Å². The number of esters is 1. The van der Waals surface area contributed by atoms with E-state index >= 15 is 0 Å². The monoisotopic (exact) mass is 457 g/mol. The molecule has 1 aliphatic heterocycles. The zero-order valence-corrected chi connectivity index (χ0v) is 20.2. The molecule has 0 bridgehead atoms. The van der Waals surface area contributed by atoms with Crippen LogP contribution in [0.25, 0.3) is 0 Å². The van der Waals surface area contributed by atoms with Gasteiger partial charge in [0.1, 0.15) is 6.61 Å². The lowest BCUT2D eigenvalue weighted by atomic mass is 10.1. The average molecular weight is 458 g/mol. The van der Waals surface area contributed by atoms with Gasteiger partial charge in [-0.2, -0.15) is 0 Å². The minimum absolute atomic E-state index is 0.238. The molecule has 3 rings (SSSR count). The molecule has 0 spiro atoms. The number of ether oxygens (including phenoxy) is 1. The fourth-order valence-corrected chi connectivity index (χ4v) is 4.22. The number of benzene rings is 2. The number of hydrogen-bond donors (Lipinski definition) is 0. The van der Waals surface area contributed by atoms with Crippen molar-refractivity contribution in [2.45, 2.75) is 26.8 Å².